The number of nitrogens with one attached hydrogen (secondary N) is 1. The van der Waals surface area contributed by atoms with Crippen LogP contribution in [0.5, 0.6) is 0 Å². The van der Waals surface area contributed by atoms with Crippen molar-refractivity contribution in [3.63, 3.8) is 0 Å². The number of hydrogen-bond donors (Lipinski definition) is 1. The molecule has 0 saturated carbocycles. The lowest BCUT2D eigenvalue weighted by molar-refractivity contribution is 0.0941. The number of halogens is 1. The van der Waals surface area contributed by atoms with Crippen LogP contribution in [0.1, 0.15) is 29.7 Å². The van der Waals surface area contributed by atoms with Gasteiger partial charge in [0.2, 0.25) is 5.91 Å². The smallest absolute Gasteiger partial charge is 0.227 e. The standard InChI is InChI=1S/C13H14N2O.ClH/c1-9(16)15-8-11(12-6-7-14-12)10-4-2-3-5-13(10)15;/h2-5,8,12,14H,6-7H2,1H3;1H/t12-;/m0./s1. The van der Waals surface area contributed by atoms with Crippen LogP contribution in [0.4, 0.5) is 0 Å². The number of carbonyl (C=O) groups excluding carboxylic acids is 1. The Morgan fingerprint density at radius 1 is 1.41 bits per heavy atom. The second-order valence-corrected chi connectivity index (χ2v) is 4.29. The first-order valence-corrected chi connectivity index (χ1v) is 5.61. The molecule has 1 atom stereocenters. The fourth-order valence-electron chi connectivity index (χ4n) is 2.30. The van der Waals surface area contributed by atoms with Crippen molar-refractivity contribution >= 4 is 29.2 Å². The van der Waals surface area contributed by atoms with Gasteiger partial charge in [-0.2, -0.15) is 0 Å². The summed E-state index contributed by atoms with van der Waals surface area (Å²) in [6, 6.07) is 8.50. The number of aromatic nitrogens is 1. The van der Waals surface area contributed by atoms with E-state index in [0.29, 0.717) is 6.04 Å². The van der Waals surface area contributed by atoms with Gasteiger partial charge in [-0.3, -0.25) is 9.36 Å². The van der Waals surface area contributed by atoms with E-state index in [2.05, 4.69) is 11.4 Å². The average molecular weight is 251 g/mol. The maximum absolute atomic E-state index is 11.5. The lowest BCUT2D eigenvalue weighted by atomic mass is 9.98. The molecule has 1 aromatic heterocycles. The fourth-order valence-corrected chi connectivity index (χ4v) is 2.30. The van der Waals surface area contributed by atoms with E-state index in [0.717, 1.165) is 18.5 Å². The summed E-state index contributed by atoms with van der Waals surface area (Å²) in [5.41, 5.74) is 2.26. The van der Waals surface area contributed by atoms with Crippen molar-refractivity contribution in [2.45, 2.75) is 19.4 Å². The van der Waals surface area contributed by atoms with E-state index in [1.54, 1.807) is 11.5 Å². The lowest BCUT2D eigenvalue weighted by Crippen LogP contribution is -2.34. The van der Waals surface area contributed by atoms with Gasteiger partial charge in [-0.1, -0.05) is 18.2 Å². The van der Waals surface area contributed by atoms with Crippen LogP contribution >= 0.6 is 12.4 Å². The molecule has 3 rings (SSSR count). The van der Waals surface area contributed by atoms with Gasteiger partial charge in [0.1, 0.15) is 0 Å². The molecular weight excluding hydrogens is 236 g/mol. The molecule has 1 N–H and O–H groups in total. The molecular formula is C13H15ClN2O. The number of fused-ring (bicyclic) bond motifs is 1. The molecule has 0 radical (unpaired) electrons. The Morgan fingerprint density at radius 2 is 2.12 bits per heavy atom. The topological polar surface area (TPSA) is 34.0 Å². The molecule has 1 aliphatic heterocycles. The number of carbonyl (C=O) groups is 1. The van der Waals surface area contributed by atoms with E-state index in [1.807, 2.05) is 24.4 Å². The third kappa shape index (κ3) is 1.85. The number of nitrogens with zero attached hydrogens (tertiary/aromatic N) is 1. The highest BCUT2D eigenvalue weighted by Gasteiger charge is 2.23. The van der Waals surface area contributed by atoms with E-state index >= 15 is 0 Å². The van der Waals surface area contributed by atoms with Crippen molar-refractivity contribution in [3.05, 3.63) is 36.0 Å². The summed E-state index contributed by atoms with van der Waals surface area (Å²) < 4.78 is 1.74. The van der Waals surface area contributed by atoms with Crippen molar-refractivity contribution in [2.75, 3.05) is 6.54 Å². The molecule has 0 amide bonds. The Bertz CT molecular complexity index is 558. The third-order valence-electron chi connectivity index (χ3n) is 3.28. The predicted octanol–water partition coefficient (Wildman–Crippen LogP) is 2.76. The molecule has 0 spiro atoms. The molecule has 0 unspecified atom stereocenters. The van der Waals surface area contributed by atoms with Crippen LogP contribution in [0.2, 0.25) is 0 Å². The van der Waals surface area contributed by atoms with Crippen LogP contribution in [-0.2, 0) is 0 Å². The average Bonchev–Trinajstić information content (AvgIpc) is 2.56. The van der Waals surface area contributed by atoms with Gasteiger partial charge in [-0.25, -0.2) is 0 Å². The minimum Gasteiger partial charge on any atom is -0.310 e. The summed E-state index contributed by atoms with van der Waals surface area (Å²) in [5, 5.41) is 4.57. The molecule has 0 aliphatic carbocycles. The highest BCUT2D eigenvalue weighted by Crippen LogP contribution is 2.31. The van der Waals surface area contributed by atoms with E-state index in [9.17, 15) is 4.79 Å². The van der Waals surface area contributed by atoms with Crippen LogP contribution in [-0.4, -0.2) is 17.0 Å². The monoisotopic (exact) mass is 250 g/mol. The highest BCUT2D eigenvalue weighted by molar-refractivity contribution is 5.93. The summed E-state index contributed by atoms with van der Waals surface area (Å²) in [4.78, 5) is 11.5. The normalized spacial score (nSPS) is 18.5. The molecule has 90 valence electrons. The van der Waals surface area contributed by atoms with Gasteiger partial charge in [0, 0.05) is 24.5 Å². The molecule has 1 aliphatic rings. The first kappa shape index (κ1) is 12.1. The van der Waals surface area contributed by atoms with Gasteiger partial charge in [-0.15, -0.1) is 12.4 Å². The van der Waals surface area contributed by atoms with Crippen molar-refractivity contribution in [1.29, 1.82) is 0 Å². The summed E-state index contributed by atoms with van der Waals surface area (Å²) in [5.74, 6) is 0.0711. The zero-order valence-corrected chi connectivity index (χ0v) is 10.5. The van der Waals surface area contributed by atoms with Crippen molar-refractivity contribution in [3.8, 4) is 0 Å². The molecule has 2 aromatic rings. The maximum Gasteiger partial charge on any atom is 0.227 e. The van der Waals surface area contributed by atoms with Gasteiger partial charge in [0.05, 0.1) is 5.52 Å². The number of benzene rings is 1. The third-order valence-corrected chi connectivity index (χ3v) is 3.28. The zero-order chi connectivity index (χ0) is 11.1. The minimum absolute atomic E-state index is 0. The van der Waals surface area contributed by atoms with Crippen LogP contribution < -0.4 is 5.32 Å². The van der Waals surface area contributed by atoms with Gasteiger partial charge in [0.25, 0.3) is 0 Å². The Balaban J connectivity index is 0.00000108. The molecule has 1 saturated heterocycles. The minimum atomic E-state index is 0. The Morgan fingerprint density at radius 3 is 2.71 bits per heavy atom. The first-order valence-electron chi connectivity index (χ1n) is 5.61. The second-order valence-electron chi connectivity index (χ2n) is 4.29. The zero-order valence-electron chi connectivity index (χ0n) is 9.64. The van der Waals surface area contributed by atoms with Crippen LogP contribution in [0.15, 0.2) is 30.5 Å². The SMILES string of the molecule is CC(=O)n1cc([C@@H]2CCN2)c2ccccc21.Cl. The van der Waals surface area contributed by atoms with E-state index < -0.39 is 0 Å². The number of rotatable bonds is 1. The molecule has 3 nitrogen and oxygen atoms in total. The van der Waals surface area contributed by atoms with Crippen LogP contribution in [0, 0.1) is 0 Å². The van der Waals surface area contributed by atoms with Gasteiger partial charge < -0.3 is 5.32 Å². The Kier molecular flexibility index (Phi) is 3.22. The van der Waals surface area contributed by atoms with Crippen LogP contribution in [0.3, 0.4) is 0 Å². The summed E-state index contributed by atoms with van der Waals surface area (Å²) in [6.07, 6.45) is 3.13. The fraction of sp³-hybridized carbons (Fsp3) is 0.308. The van der Waals surface area contributed by atoms with E-state index in [4.69, 9.17) is 0 Å². The molecule has 1 fully saturated rings. The predicted molar refractivity (Wildman–Crippen MR) is 70.8 cm³/mol. The molecule has 2 heterocycles. The Labute approximate surface area is 106 Å². The largest absolute Gasteiger partial charge is 0.310 e. The second kappa shape index (κ2) is 4.51. The summed E-state index contributed by atoms with van der Waals surface area (Å²) in [7, 11) is 0. The van der Waals surface area contributed by atoms with Crippen LogP contribution in [0.25, 0.3) is 10.9 Å². The number of hydrogen-bond acceptors (Lipinski definition) is 2. The molecule has 4 heteroatoms. The van der Waals surface area contributed by atoms with Crippen molar-refractivity contribution in [1.82, 2.24) is 9.88 Å². The van der Waals surface area contributed by atoms with Gasteiger partial charge in [-0.05, 0) is 24.6 Å². The number of para-hydroxylation sites is 1. The van der Waals surface area contributed by atoms with Crippen molar-refractivity contribution < 1.29 is 4.79 Å². The summed E-state index contributed by atoms with van der Waals surface area (Å²) in [6.45, 7) is 2.68. The lowest BCUT2D eigenvalue weighted by Gasteiger charge is -2.27. The molecule has 1 aromatic carbocycles. The van der Waals surface area contributed by atoms with E-state index in [-0.39, 0.29) is 18.3 Å². The van der Waals surface area contributed by atoms with Gasteiger partial charge in [0.15, 0.2) is 0 Å². The first-order chi connectivity index (χ1) is 7.77. The summed E-state index contributed by atoms with van der Waals surface area (Å²) >= 11 is 0. The molecule has 0 bridgehead atoms. The van der Waals surface area contributed by atoms with E-state index in [1.165, 1.54) is 10.9 Å². The van der Waals surface area contributed by atoms with Gasteiger partial charge >= 0.3 is 0 Å². The maximum atomic E-state index is 11.5. The molecule has 17 heavy (non-hydrogen) atoms. The highest BCUT2D eigenvalue weighted by atomic mass is 35.5. The Hall–Kier alpha value is -1.32. The quantitative estimate of drug-likeness (QED) is 0.845. The van der Waals surface area contributed by atoms with Crippen molar-refractivity contribution in [2.24, 2.45) is 0 Å².